The summed E-state index contributed by atoms with van der Waals surface area (Å²) in [5, 5.41) is 0.581. The van der Waals surface area contributed by atoms with Gasteiger partial charge in [-0.05, 0) is 36.1 Å². The number of ketones is 1. The second-order valence-corrected chi connectivity index (χ2v) is 5.38. The van der Waals surface area contributed by atoms with Crippen LogP contribution in [0.25, 0.3) is 0 Å². The Hall–Kier alpha value is -1.35. The number of hydrogen-bond acceptors (Lipinski definition) is 3. The predicted molar refractivity (Wildman–Crippen MR) is 68.8 cm³/mol. The summed E-state index contributed by atoms with van der Waals surface area (Å²) in [5.74, 6) is -1.02. The fourth-order valence-electron chi connectivity index (χ4n) is 2.01. The molecule has 96 valence electrons. The van der Waals surface area contributed by atoms with Crippen molar-refractivity contribution in [2.45, 2.75) is 20.3 Å². The van der Waals surface area contributed by atoms with Gasteiger partial charge < -0.3 is 4.74 Å². The summed E-state index contributed by atoms with van der Waals surface area (Å²) in [5.41, 5.74) is 1.42. The van der Waals surface area contributed by atoms with E-state index in [1.54, 1.807) is 18.2 Å². The molecule has 0 N–H and O–H groups in total. The van der Waals surface area contributed by atoms with Crippen LogP contribution in [0.5, 0.6) is 0 Å². The van der Waals surface area contributed by atoms with Gasteiger partial charge in [-0.25, -0.2) is 0 Å². The summed E-state index contributed by atoms with van der Waals surface area (Å²) in [6.07, 6.45) is 0.394. The maximum Gasteiger partial charge on any atom is 0.317 e. The lowest BCUT2D eigenvalue weighted by molar-refractivity contribution is -0.147. The number of hydrogen-bond donors (Lipinski definition) is 0. The van der Waals surface area contributed by atoms with Gasteiger partial charge in [0.15, 0.2) is 5.78 Å². The molecule has 4 heteroatoms. The van der Waals surface area contributed by atoms with E-state index in [1.165, 1.54) is 0 Å². The van der Waals surface area contributed by atoms with Crippen molar-refractivity contribution < 1.29 is 14.3 Å². The lowest BCUT2D eigenvalue weighted by atomic mass is 10.1. The van der Waals surface area contributed by atoms with E-state index in [0.717, 1.165) is 5.56 Å². The number of benzene rings is 1. The van der Waals surface area contributed by atoms with Crippen LogP contribution in [0.1, 0.15) is 29.8 Å². The topological polar surface area (TPSA) is 43.4 Å². The summed E-state index contributed by atoms with van der Waals surface area (Å²) in [6, 6.07) is 5.08. The quantitative estimate of drug-likeness (QED) is 0.624. The minimum Gasteiger partial charge on any atom is -0.465 e. The van der Waals surface area contributed by atoms with Crippen LogP contribution in [0.4, 0.5) is 0 Å². The molecule has 1 aromatic rings. The number of rotatable bonds is 3. The summed E-state index contributed by atoms with van der Waals surface area (Å²) in [6.45, 7) is 4.26. The van der Waals surface area contributed by atoms with E-state index in [-0.39, 0.29) is 11.7 Å². The first kappa shape index (κ1) is 13.1. The molecule has 3 nitrogen and oxygen atoms in total. The van der Waals surface area contributed by atoms with Crippen molar-refractivity contribution in [2.24, 2.45) is 11.8 Å². The molecule has 0 aromatic heterocycles. The molecule has 2 rings (SSSR count). The Morgan fingerprint density at radius 1 is 1.50 bits per heavy atom. The van der Waals surface area contributed by atoms with Gasteiger partial charge in [0.2, 0.25) is 0 Å². The van der Waals surface area contributed by atoms with Crippen LogP contribution in [0, 0.1) is 11.8 Å². The van der Waals surface area contributed by atoms with Gasteiger partial charge in [0.1, 0.15) is 5.92 Å². The van der Waals surface area contributed by atoms with E-state index < -0.39 is 11.9 Å². The van der Waals surface area contributed by atoms with Gasteiger partial charge in [0, 0.05) is 10.6 Å². The van der Waals surface area contributed by atoms with Crippen molar-refractivity contribution in [3.05, 3.63) is 34.3 Å². The number of ether oxygens (including phenoxy) is 1. The fraction of sp³-hybridized carbons (Fsp3) is 0.429. The number of carbonyl (C=O) groups excluding carboxylic acids is 2. The van der Waals surface area contributed by atoms with Crippen LogP contribution in [-0.2, 0) is 16.0 Å². The Morgan fingerprint density at radius 2 is 2.22 bits per heavy atom. The van der Waals surface area contributed by atoms with Gasteiger partial charge in [-0.2, -0.15) is 0 Å². The van der Waals surface area contributed by atoms with Gasteiger partial charge in [-0.15, -0.1) is 0 Å². The molecule has 1 atom stereocenters. The zero-order valence-electron chi connectivity index (χ0n) is 10.4. The highest BCUT2D eigenvalue weighted by molar-refractivity contribution is 6.31. The van der Waals surface area contributed by atoms with E-state index in [1.807, 2.05) is 13.8 Å². The van der Waals surface area contributed by atoms with Crippen molar-refractivity contribution in [1.29, 1.82) is 0 Å². The minimum atomic E-state index is -0.697. The molecule has 0 aliphatic heterocycles. The van der Waals surface area contributed by atoms with Crippen molar-refractivity contribution in [3.8, 4) is 0 Å². The SMILES string of the molecule is CC(C)COC(=O)C1Cc2cc(Cl)ccc2C1=O. The highest BCUT2D eigenvalue weighted by atomic mass is 35.5. The van der Waals surface area contributed by atoms with E-state index in [0.29, 0.717) is 23.6 Å². The molecule has 1 aliphatic rings. The molecule has 0 bridgehead atoms. The second-order valence-electron chi connectivity index (χ2n) is 4.95. The van der Waals surface area contributed by atoms with Gasteiger partial charge in [0.25, 0.3) is 0 Å². The van der Waals surface area contributed by atoms with Crippen LogP contribution in [-0.4, -0.2) is 18.4 Å². The second kappa shape index (κ2) is 5.11. The summed E-state index contributed by atoms with van der Waals surface area (Å²) >= 11 is 5.87. The average molecular weight is 267 g/mol. The Morgan fingerprint density at radius 3 is 2.89 bits per heavy atom. The number of halogens is 1. The lowest BCUT2D eigenvalue weighted by Gasteiger charge is -2.10. The largest absolute Gasteiger partial charge is 0.465 e. The number of carbonyl (C=O) groups is 2. The normalized spacial score (nSPS) is 18.0. The molecule has 0 saturated heterocycles. The average Bonchev–Trinajstić information content (AvgIpc) is 2.63. The first-order valence-corrected chi connectivity index (χ1v) is 6.36. The van der Waals surface area contributed by atoms with Crippen LogP contribution >= 0.6 is 11.6 Å². The van der Waals surface area contributed by atoms with Crippen molar-refractivity contribution in [1.82, 2.24) is 0 Å². The lowest BCUT2D eigenvalue weighted by Crippen LogP contribution is -2.24. The highest BCUT2D eigenvalue weighted by Crippen LogP contribution is 2.29. The number of esters is 1. The third-order valence-corrected chi connectivity index (χ3v) is 3.15. The molecule has 0 spiro atoms. The number of fused-ring (bicyclic) bond motifs is 1. The molecule has 1 aliphatic carbocycles. The molecule has 18 heavy (non-hydrogen) atoms. The Kier molecular flexibility index (Phi) is 3.71. The van der Waals surface area contributed by atoms with Crippen LogP contribution in [0.3, 0.4) is 0 Å². The molecular formula is C14H15ClO3. The third kappa shape index (κ3) is 2.56. The predicted octanol–water partition coefficient (Wildman–Crippen LogP) is 2.89. The highest BCUT2D eigenvalue weighted by Gasteiger charge is 2.36. The number of Topliss-reactive ketones (excluding diaryl/α,β-unsaturated/α-hetero) is 1. The molecule has 0 saturated carbocycles. The van der Waals surface area contributed by atoms with E-state index in [4.69, 9.17) is 16.3 Å². The smallest absolute Gasteiger partial charge is 0.317 e. The Balaban J connectivity index is 2.11. The minimum absolute atomic E-state index is 0.157. The zero-order valence-corrected chi connectivity index (χ0v) is 11.2. The van der Waals surface area contributed by atoms with Crippen LogP contribution in [0.2, 0.25) is 5.02 Å². The Bertz CT molecular complexity index is 494. The molecular weight excluding hydrogens is 252 g/mol. The molecule has 0 radical (unpaired) electrons. The van der Waals surface area contributed by atoms with Crippen LogP contribution in [0.15, 0.2) is 18.2 Å². The van der Waals surface area contributed by atoms with Gasteiger partial charge in [0.05, 0.1) is 6.61 Å². The van der Waals surface area contributed by atoms with Crippen molar-refractivity contribution >= 4 is 23.4 Å². The Labute approximate surface area is 111 Å². The van der Waals surface area contributed by atoms with Crippen molar-refractivity contribution in [3.63, 3.8) is 0 Å². The maximum atomic E-state index is 12.1. The van der Waals surface area contributed by atoms with E-state index in [2.05, 4.69) is 0 Å². The first-order chi connectivity index (χ1) is 8.49. The van der Waals surface area contributed by atoms with Crippen molar-refractivity contribution in [2.75, 3.05) is 6.61 Å². The summed E-state index contributed by atoms with van der Waals surface area (Å²) in [7, 11) is 0. The molecule has 1 aromatic carbocycles. The molecule has 0 heterocycles. The first-order valence-electron chi connectivity index (χ1n) is 5.98. The molecule has 1 unspecified atom stereocenters. The zero-order chi connectivity index (χ0) is 13.3. The van der Waals surface area contributed by atoms with E-state index >= 15 is 0 Å². The standard InChI is InChI=1S/C14H15ClO3/c1-8(2)7-18-14(17)12-6-9-5-10(15)3-4-11(9)13(12)16/h3-5,8,12H,6-7H2,1-2H3. The molecule has 0 fully saturated rings. The van der Waals surface area contributed by atoms with Gasteiger partial charge >= 0.3 is 5.97 Å². The third-order valence-electron chi connectivity index (χ3n) is 2.92. The maximum absolute atomic E-state index is 12.1. The van der Waals surface area contributed by atoms with Gasteiger partial charge in [-0.3, -0.25) is 9.59 Å². The fourth-order valence-corrected chi connectivity index (χ4v) is 2.21. The summed E-state index contributed by atoms with van der Waals surface area (Å²) < 4.78 is 5.13. The van der Waals surface area contributed by atoms with Crippen LogP contribution < -0.4 is 0 Å². The molecule has 0 amide bonds. The summed E-state index contributed by atoms with van der Waals surface area (Å²) in [4.78, 5) is 23.9. The van der Waals surface area contributed by atoms with Gasteiger partial charge in [-0.1, -0.05) is 25.4 Å². The van der Waals surface area contributed by atoms with E-state index in [9.17, 15) is 9.59 Å². The monoisotopic (exact) mass is 266 g/mol.